The predicted molar refractivity (Wildman–Crippen MR) is 61.7 cm³/mol. The molecule has 0 heterocycles. The Morgan fingerprint density at radius 1 is 1.27 bits per heavy atom. The maximum Gasteiger partial charge on any atom is 0.105 e. The molecule has 1 aliphatic rings. The van der Waals surface area contributed by atoms with Gasteiger partial charge in [0.15, 0.2) is 0 Å². The second kappa shape index (κ2) is 4.33. The average molecular weight is 205 g/mol. The van der Waals surface area contributed by atoms with Crippen LogP contribution in [0.2, 0.25) is 0 Å². The molecular formula is C13H19NO. The predicted octanol–water partition coefficient (Wildman–Crippen LogP) is 2.04. The van der Waals surface area contributed by atoms with Crippen LogP contribution in [0, 0.1) is 0 Å². The molecule has 1 saturated carbocycles. The van der Waals surface area contributed by atoms with E-state index in [-0.39, 0.29) is 6.04 Å². The largest absolute Gasteiger partial charge is 0.384 e. The van der Waals surface area contributed by atoms with Crippen molar-refractivity contribution in [2.24, 2.45) is 0 Å². The fraction of sp³-hybridized carbons (Fsp3) is 0.538. The minimum Gasteiger partial charge on any atom is -0.384 e. The van der Waals surface area contributed by atoms with Gasteiger partial charge in [0, 0.05) is 6.04 Å². The van der Waals surface area contributed by atoms with Crippen molar-refractivity contribution < 1.29 is 5.11 Å². The van der Waals surface area contributed by atoms with Gasteiger partial charge in [0.25, 0.3) is 0 Å². The molecule has 0 amide bonds. The molecule has 1 fully saturated rings. The average Bonchev–Trinajstić information content (AvgIpc) is 2.31. The van der Waals surface area contributed by atoms with Crippen molar-refractivity contribution in [1.82, 2.24) is 5.32 Å². The van der Waals surface area contributed by atoms with Gasteiger partial charge in [0.2, 0.25) is 0 Å². The van der Waals surface area contributed by atoms with Gasteiger partial charge in [-0.2, -0.15) is 0 Å². The SMILES string of the molecule is CN[C@H]1CCCC[C@@]1(O)c1ccccc1. The quantitative estimate of drug-likeness (QED) is 0.774. The van der Waals surface area contributed by atoms with Gasteiger partial charge in [-0.05, 0) is 25.5 Å². The van der Waals surface area contributed by atoms with Crippen LogP contribution in [-0.2, 0) is 5.60 Å². The van der Waals surface area contributed by atoms with Gasteiger partial charge in [0.05, 0.1) is 0 Å². The lowest BCUT2D eigenvalue weighted by Crippen LogP contribution is -2.49. The van der Waals surface area contributed by atoms with Crippen LogP contribution in [0.15, 0.2) is 30.3 Å². The van der Waals surface area contributed by atoms with Crippen molar-refractivity contribution in [2.75, 3.05) is 7.05 Å². The van der Waals surface area contributed by atoms with E-state index >= 15 is 0 Å². The van der Waals surface area contributed by atoms with Crippen molar-refractivity contribution in [3.8, 4) is 0 Å². The van der Waals surface area contributed by atoms with E-state index in [0.29, 0.717) is 0 Å². The third-order valence-corrected chi connectivity index (χ3v) is 3.50. The zero-order valence-corrected chi connectivity index (χ0v) is 9.24. The van der Waals surface area contributed by atoms with E-state index in [9.17, 15) is 5.11 Å². The first-order valence-electron chi connectivity index (χ1n) is 5.72. The van der Waals surface area contributed by atoms with Crippen LogP contribution in [0.3, 0.4) is 0 Å². The van der Waals surface area contributed by atoms with Gasteiger partial charge in [-0.1, -0.05) is 43.2 Å². The Balaban J connectivity index is 2.30. The van der Waals surface area contributed by atoms with Gasteiger partial charge in [-0.15, -0.1) is 0 Å². The van der Waals surface area contributed by atoms with E-state index in [2.05, 4.69) is 5.32 Å². The van der Waals surface area contributed by atoms with E-state index in [4.69, 9.17) is 0 Å². The third kappa shape index (κ3) is 1.92. The molecule has 0 spiro atoms. The Labute approximate surface area is 91.3 Å². The van der Waals surface area contributed by atoms with Gasteiger partial charge >= 0.3 is 0 Å². The van der Waals surface area contributed by atoms with E-state index < -0.39 is 5.60 Å². The molecule has 0 saturated heterocycles. The third-order valence-electron chi connectivity index (χ3n) is 3.50. The van der Waals surface area contributed by atoms with E-state index in [0.717, 1.165) is 24.8 Å². The summed E-state index contributed by atoms with van der Waals surface area (Å²) in [6, 6.07) is 10.2. The highest BCUT2D eigenvalue weighted by Gasteiger charge is 2.39. The van der Waals surface area contributed by atoms with Crippen LogP contribution < -0.4 is 5.32 Å². The first kappa shape index (κ1) is 10.7. The van der Waals surface area contributed by atoms with Crippen LogP contribution in [0.1, 0.15) is 31.2 Å². The van der Waals surface area contributed by atoms with Gasteiger partial charge in [-0.3, -0.25) is 0 Å². The monoisotopic (exact) mass is 205 g/mol. The second-order valence-electron chi connectivity index (χ2n) is 4.38. The van der Waals surface area contributed by atoms with Crippen LogP contribution in [-0.4, -0.2) is 18.2 Å². The molecular weight excluding hydrogens is 186 g/mol. The Morgan fingerprint density at radius 3 is 2.67 bits per heavy atom. The molecule has 15 heavy (non-hydrogen) atoms. The molecule has 0 radical (unpaired) electrons. The molecule has 2 N–H and O–H groups in total. The van der Waals surface area contributed by atoms with Gasteiger partial charge in [0.1, 0.15) is 5.60 Å². The minimum absolute atomic E-state index is 0.189. The Bertz CT molecular complexity index is 312. The Morgan fingerprint density at radius 2 is 2.00 bits per heavy atom. The van der Waals surface area contributed by atoms with Crippen molar-refractivity contribution in [3.63, 3.8) is 0 Å². The first-order chi connectivity index (χ1) is 7.27. The fourth-order valence-electron chi connectivity index (χ4n) is 2.61. The molecule has 0 aromatic heterocycles. The molecule has 1 aliphatic carbocycles. The lowest BCUT2D eigenvalue weighted by molar-refractivity contribution is -0.0298. The molecule has 2 nitrogen and oxygen atoms in total. The van der Waals surface area contributed by atoms with Crippen molar-refractivity contribution in [1.29, 1.82) is 0 Å². The molecule has 1 aromatic rings. The van der Waals surface area contributed by atoms with Crippen LogP contribution in [0.4, 0.5) is 0 Å². The molecule has 0 unspecified atom stereocenters. The standard InChI is InChI=1S/C13H19NO/c1-14-12-9-5-6-10-13(12,15)11-7-3-2-4-8-11/h2-4,7-8,12,14-15H,5-6,9-10H2,1H3/t12-,13+/m0/s1. The molecule has 82 valence electrons. The summed E-state index contributed by atoms with van der Waals surface area (Å²) in [5.74, 6) is 0. The van der Waals surface area contributed by atoms with Crippen LogP contribution >= 0.6 is 0 Å². The first-order valence-corrected chi connectivity index (χ1v) is 5.72. The summed E-state index contributed by atoms with van der Waals surface area (Å²) in [6.07, 6.45) is 4.24. The summed E-state index contributed by atoms with van der Waals surface area (Å²) in [5, 5.41) is 14.0. The van der Waals surface area contributed by atoms with Gasteiger partial charge < -0.3 is 10.4 Å². The van der Waals surface area contributed by atoms with Crippen LogP contribution in [0.5, 0.6) is 0 Å². The maximum absolute atomic E-state index is 10.7. The number of hydrogen-bond donors (Lipinski definition) is 2. The molecule has 2 rings (SSSR count). The second-order valence-corrected chi connectivity index (χ2v) is 4.38. The highest BCUT2D eigenvalue weighted by molar-refractivity contribution is 5.25. The minimum atomic E-state index is -0.672. The molecule has 2 heteroatoms. The Kier molecular flexibility index (Phi) is 3.08. The van der Waals surface area contributed by atoms with Crippen molar-refractivity contribution in [3.05, 3.63) is 35.9 Å². The van der Waals surface area contributed by atoms with Crippen molar-refractivity contribution in [2.45, 2.75) is 37.3 Å². The zero-order valence-electron chi connectivity index (χ0n) is 9.24. The highest BCUT2D eigenvalue weighted by Crippen LogP contribution is 2.36. The number of likely N-dealkylation sites (N-methyl/N-ethyl adjacent to an activating group) is 1. The summed E-state index contributed by atoms with van der Waals surface area (Å²) >= 11 is 0. The number of nitrogens with one attached hydrogen (secondary N) is 1. The lowest BCUT2D eigenvalue weighted by atomic mass is 9.76. The number of benzene rings is 1. The fourth-order valence-corrected chi connectivity index (χ4v) is 2.61. The van der Waals surface area contributed by atoms with Crippen LogP contribution in [0.25, 0.3) is 0 Å². The Hall–Kier alpha value is -0.860. The van der Waals surface area contributed by atoms with E-state index in [1.54, 1.807) is 0 Å². The lowest BCUT2D eigenvalue weighted by Gasteiger charge is -2.40. The highest BCUT2D eigenvalue weighted by atomic mass is 16.3. The number of hydrogen-bond acceptors (Lipinski definition) is 2. The summed E-state index contributed by atoms with van der Waals surface area (Å²) in [5.41, 5.74) is 0.373. The molecule has 0 aliphatic heterocycles. The number of rotatable bonds is 2. The topological polar surface area (TPSA) is 32.3 Å². The van der Waals surface area contributed by atoms with Crippen molar-refractivity contribution >= 4 is 0 Å². The summed E-state index contributed by atoms with van der Waals surface area (Å²) in [7, 11) is 1.93. The normalized spacial score (nSPS) is 31.5. The summed E-state index contributed by atoms with van der Waals surface area (Å²) in [6.45, 7) is 0. The molecule has 1 aromatic carbocycles. The summed E-state index contributed by atoms with van der Waals surface area (Å²) < 4.78 is 0. The number of aliphatic hydroxyl groups is 1. The molecule has 2 atom stereocenters. The molecule has 0 bridgehead atoms. The zero-order chi connectivity index (χ0) is 10.7. The maximum atomic E-state index is 10.7. The van der Waals surface area contributed by atoms with E-state index in [1.807, 2.05) is 37.4 Å². The van der Waals surface area contributed by atoms with Gasteiger partial charge in [-0.25, -0.2) is 0 Å². The van der Waals surface area contributed by atoms with E-state index in [1.165, 1.54) is 6.42 Å². The smallest absolute Gasteiger partial charge is 0.105 e. The summed E-state index contributed by atoms with van der Waals surface area (Å²) in [4.78, 5) is 0.